The molecule has 2 aromatic carbocycles. The minimum atomic E-state index is -4.06. The van der Waals surface area contributed by atoms with Crippen molar-refractivity contribution in [3.05, 3.63) is 47.0 Å². The van der Waals surface area contributed by atoms with Crippen LogP contribution in [0.4, 0.5) is 5.69 Å². The Kier molecular flexibility index (Phi) is 5.12. The first-order valence-corrected chi connectivity index (χ1v) is 10.5. The Morgan fingerprint density at radius 3 is 2.25 bits per heavy atom. The third-order valence-corrected chi connectivity index (χ3v) is 6.02. The van der Waals surface area contributed by atoms with Crippen molar-refractivity contribution in [1.82, 2.24) is 0 Å². The number of rotatable bonds is 5. The number of nitrogens with one attached hydrogen (secondary N) is 1. The maximum Gasteiger partial charge on any atom is 0.265 e. The van der Waals surface area contributed by atoms with Crippen LogP contribution in [0.15, 0.2) is 46.2 Å². The Hall–Kier alpha value is -1.77. The number of sulfone groups is 1. The minimum Gasteiger partial charge on any atom is -0.495 e. The fourth-order valence-corrected chi connectivity index (χ4v) is 4.31. The first-order chi connectivity index (χ1) is 11.0. The van der Waals surface area contributed by atoms with Crippen molar-refractivity contribution in [1.29, 1.82) is 0 Å². The lowest BCUT2D eigenvalue weighted by atomic mass is 10.2. The summed E-state index contributed by atoms with van der Waals surface area (Å²) in [5, 5.41) is 0.479. The summed E-state index contributed by atoms with van der Waals surface area (Å²) in [5.74, 6) is 0.0431. The quantitative estimate of drug-likeness (QED) is 0.849. The Bertz CT molecular complexity index is 985. The minimum absolute atomic E-state index is 0.0431. The van der Waals surface area contributed by atoms with E-state index in [9.17, 15) is 16.8 Å². The van der Waals surface area contributed by atoms with E-state index in [1.165, 1.54) is 25.3 Å². The number of benzene rings is 2. The standard InChI is InChI=1S/C15H16ClNO5S2/c1-10-8-11(16)4-6-13(10)17-24(20,21)15-9-12(23(3,18)19)5-7-14(15)22-2/h4-9,17H,1-3H3. The zero-order valence-corrected chi connectivity index (χ0v) is 15.6. The highest BCUT2D eigenvalue weighted by molar-refractivity contribution is 7.93. The molecule has 0 aliphatic rings. The van der Waals surface area contributed by atoms with Gasteiger partial charge in [0.05, 0.1) is 17.7 Å². The Morgan fingerprint density at radius 1 is 1.04 bits per heavy atom. The van der Waals surface area contributed by atoms with Gasteiger partial charge >= 0.3 is 0 Å². The zero-order chi connectivity index (χ0) is 18.1. The molecule has 9 heteroatoms. The van der Waals surface area contributed by atoms with Crippen LogP contribution in [0, 0.1) is 6.92 Å². The molecule has 0 heterocycles. The number of sulfonamides is 1. The third-order valence-electron chi connectivity index (χ3n) is 3.29. The van der Waals surface area contributed by atoms with Crippen molar-refractivity contribution < 1.29 is 21.6 Å². The molecule has 0 saturated heterocycles. The molecule has 0 saturated carbocycles. The molecule has 0 radical (unpaired) electrons. The van der Waals surface area contributed by atoms with Crippen LogP contribution in [-0.4, -0.2) is 30.2 Å². The van der Waals surface area contributed by atoms with Crippen LogP contribution in [0.25, 0.3) is 0 Å². The average Bonchev–Trinajstić information content (AvgIpc) is 2.48. The van der Waals surface area contributed by atoms with Crippen molar-refractivity contribution in [2.75, 3.05) is 18.1 Å². The van der Waals surface area contributed by atoms with Crippen LogP contribution >= 0.6 is 11.6 Å². The molecule has 0 aromatic heterocycles. The molecular weight excluding hydrogens is 374 g/mol. The number of aryl methyl sites for hydroxylation is 1. The zero-order valence-electron chi connectivity index (χ0n) is 13.2. The molecule has 24 heavy (non-hydrogen) atoms. The summed E-state index contributed by atoms with van der Waals surface area (Å²) in [6, 6.07) is 8.37. The molecule has 6 nitrogen and oxygen atoms in total. The van der Waals surface area contributed by atoms with Gasteiger partial charge in [0.25, 0.3) is 10.0 Å². The second kappa shape index (κ2) is 6.62. The van der Waals surface area contributed by atoms with Gasteiger partial charge in [0.2, 0.25) is 0 Å². The van der Waals surface area contributed by atoms with E-state index in [2.05, 4.69) is 4.72 Å². The van der Waals surface area contributed by atoms with E-state index >= 15 is 0 Å². The molecule has 0 amide bonds. The summed E-state index contributed by atoms with van der Waals surface area (Å²) in [6.07, 6.45) is 1.00. The van der Waals surface area contributed by atoms with E-state index in [-0.39, 0.29) is 15.5 Å². The molecule has 2 rings (SSSR count). The van der Waals surface area contributed by atoms with E-state index in [4.69, 9.17) is 16.3 Å². The van der Waals surface area contributed by atoms with Crippen LogP contribution in [0.1, 0.15) is 5.56 Å². The second-order valence-corrected chi connectivity index (χ2v) is 9.25. The third kappa shape index (κ3) is 4.00. The molecule has 0 bridgehead atoms. The first-order valence-electron chi connectivity index (χ1n) is 6.71. The van der Waals surface area contributed by atoms with E-state index in [0.717, 1.165) is 12.3 Å². The highest BCUT2D eigenvalue weighted by Crippen LogP contribution is 2.30. The number of methoxy groups -OCH3 is 1. The Morgan fingerprint density at radius 2 is 1.71 bits per heavy atom. The van der Waals surface area contributed by atoms with E-state index in [1.807, 2.05) is 0 Å². The molecule has 0 aliphatic heterocycles. The Balaban J connectivity index is 2.55. The fourth-order valence-electron chi connectivity index (χ4n) is 2.04. The first kappa shape index (κ1) is 18.6. The van der Waals surface area contributed by atoms with E-state index in [1.54, 1.807) is 19.1 Å². The lowest BCUT2D eigenvalue weighted by Gasteiger charge is -2.14. The van der Waals surface area contributed by atoms with Gasteiger partial charge in [-0.25, -0.2) is 16.8 Å². The lowest BCUT2D eigenvalue weighted by Crippen LogP contribution is -2.15. The molecular formula is C15H16ClNO5S2. The SMILES string of the molecule is COc1ccc(S(C)(=O)=O)cc1S(=O)(=O)Nc1ccc(Cl)cc1C. The van der Waals surface area contributed by atoms with Gasteiger partial charge in [-0.05, 0) is 48.9 Å². The Labute approximate surface area is 146 Å². The average molecular weight is 390 g/mol. The molecule has 130 valence electrons. The van der Waals surface area contributed by atoms with Crippen LogP contribution in [0.3, 0.4) is 0 Å². The normalized spacial score (nSPS) is 12.0. The largest absolute Gasteiger partial charge is 0.495 e. The summed E-state index contributed by atoms with van der Waals surface area (Å²) in [4.78, 5) is -0.376. The topological polar surface area (TPSA) is 89.5 Å². The van der Waals surface area contributed by atoms with Crippen molar-refractivity contribution >= 4 is 37.1 Å². The maximum atomic E-state index is 12.7. The second-order valence-electron chi connectivity index (χ2n) is 5.15. The van der Waals surface area contributed by atoms with Crippen LogP contribution in [0.5, 0.6) is 5.75 Å². The van der Waals surface area contributed by atoms with Crippen molar-refractivity contribution in [2.45, 2.75) is 16.7 Å². The fraction of sp³-hybridized carbons (Fsp3) is 0.200. The monoisotopic (exact) mass is 389 g/mol. The molecule has 0 unspecified atom stereocenters. The molecule has 0 spiro atoms. The number of anilines is 1. The maximum absolute atomic E-state index is 12.7. The molecule has 2 aromatic rings. The van der Waals surface area contributed by atoms with Gasteiger partial charge in [0, 0.05) is 11.3 Å². The summed E-state index contributed by atoms with van der Waals surface area (Å²) < 4.78 is 56.2. The highest BCUT2D eigenvalue weighted by atomic mass is 35.5. The van der Waals surface area contributed by atoms with Crippen molar-refractivity contribution in [3.8, 4) is 5.75 Å². The van der Waals surface area contributed by atoms with Gasteiger partial charge in [-0.2, -0.15) is 0 Å². The van der Waals surface area contributed by atoms with E-state index in [0.29, 0.717) is 16.3 Å². The summed E-state index contributed by atoms with van der Waals surface area (Å²) in [6.45, 7) is 1.70. The number of hydrogen-bond donors (Lipinski definition) is 1. The van der Waals surface area contributed by atoms with Gasteiger partial charge < -0.3 is 4.74 Å². The van der Waals surface area contributed by atoms with Crippen molar-refractivity contribution in [3.63, 3.8) is 0 Å². The van der Waals surface area contributed by atoms with Gasteiger partial charge in [0.15, 0.2) is 9.84 Å². The predicted octanol–water partition coefficient (Wildman–Crippen LogP) is 2.86. The van der Waals surface area contributed by atoms with Crippen LogP contribution < -0.4 is 9.46 Å². The van der Waals surface area contributed by atoms with Crippen LogP contribution in [-0.2, 0) is 19.9 Å². The molecule has 0 fully saturated rings. The van der Waals surface area contributed by atoms with Gasteiger partial charge in [-0.3, -0.25) is 4.72 Å². The predicted molar refractivity (Wildman–Crippen MR) is 93.1 cm³/mol. The van der Waals surface area contributed by atoms with Gasteiger partial charge in [-0.15, -0.1) is 0 Å². The van der Waals surface area contributed by atoms with Gasteiger partial charge in [0.1, 0.15) is 10.6 Å². The summed E-state index contributed by atoms with van der Waals surface area (Å²) in [5.41, 5.74) is 0.968. The summed E-state index contributed by atoms with van der Waals surface area (Å²) in [7, 11) is -6.31. The smallest absolute Gasteiger partial charge is 0.265 e. The van der Waals surface area contributed by atoms with Gasteiger partial charge in [-0.1, -0.05) is 11.6 Å². The molecule has 0 aliphatic carbocycles. The van der Waals surface area contributed by atoms with Crippen LogP contribution in [0.2, 0.25) is 5.02 Å². The van der Waals surface area contributed by atoms with E-state index < -0.39 is 19.9 Å². The molecule has 1 N–H and O–H groups in total. The summed E-state index contributed by atoms with van der Waals surface area (Å²) >= 11 is 5.86. The number of halogens is 1. The molecule has 0 atom stereocenters. The lowest BCUT2D eigenvalue weighted by molar-refractivity contribution is 0.402. The number of ether oxygens (including phenoxy) is 1. The van der Waals surface area contributed by atoms with Crippen molar-refractivity contribution in [2.24, 2.45) is 0 Å². The number of hydrogen-bond acceptors (Lipinski definition) is 5. The highest BCUT2D eigenvalue weighted by Gasteiger charge is 2.23.